The van der Waals surface area contributed by atoms with Crippen molar-refractivity contribution in [3.63, 3.8) is 0 Å². The van der Waals surface area contributed by atoms with Crippen molar-refractivity contribution in [1.82, 2.24) is 4.90 Å². The molecule has 24 heavy (non-hydrogen) atoms. The maximum absolute atomic E-state index is 13.7. The van der Waals surface area contributed by atoms with E-state index in [-0.39, 0.29) is 5.82 Å². The monoisotopic (exact) mass is 350 g/mol. The second-order valence-corrected chi connectivity index (χ2v) is 5.25. The Kier molecular flexibility index (Phi) is 9.97. The fraction of sp³-hybridized carbons (Fsp3) is 0.667. The Morgan fingerprint density at radius 1 is 0.917 bits per heavy atom. The van der Waals surface area contributed by atoms with Crippen LogP contribution < -0.4 is 4.90 Å². The summed E-state index contributed by atoms with van der Waals surface area (Å²) in [4.78, 5) is 3.32. The van der Waals surface area contributed by atoms with E-state index in [0.29, 0.717) is 31.7 Å². The number of hydrogen-bond donors (Lipinski definition) is 0. The summed E-state index contributed by atoms with van der Waals surface area (Å²) in [7, 11) is 0. The average molecular weight is 350 g/mol. The second-order valence-electron chi connectivity index (χ2n) is 5.25. The highest BCUT2D eigenvalue weighted by molar-refractivity contribution is 5.51. The lowest BCUT2D eigenvalue weighted by Gasteiger charge is -2.36. The third-order valence-corrected chi connectivity index (χ3v) is 3.73. The smallest absolute Gasteiger partial charge is 0.369 e. The van der Waals surface area contributed by atoms with Gasteiger partial charge in [0.05, 0.1) is 6.54 Å². The van der Waals surface area contributed by atoms with Crippen molar-refractivity contribution in [2.75, 3.05) is 37.6 Å². The third-order valence-electron chi connectivity index (χ3n) is 3.73. The average Bonchev–Trinajstić information content (AvgIpc) is 2.55. The van der Waals surface area contributed by atoms with Gasteiger partial charge in [0, 0.05) is 31.9 Å². The summed E-state index contributed by atoms with van der Waals surface area (Å²) in [6.45, 7) is 12.3. The Hall–Kier alpha value is -1.30. The quantitative estimate of drug-likeness (QED) is 0.678. The van der Waals surface area contributed by atoms with Gasteiger partial charge in [0.1, 0.15) is 5.82 Å². The largest absolute Gasteiger partial charge is 0.401 e. The zero-order chi connectivity index (χ0) is 18.9. The van der Waals surface area contributed by atoms with Crippen LogP contribution in [0.1, 0.15) is 38.8 Å². The molecule has 1 saturated heterocycles. The van der Waals surface area contributed by atoms with E-state index < -0.39 is 12.7 Å². The maximum atomic E-state index is 13.7. The predicted molar refractivity (Wildman–Crippen MR) is 93.3 cm³/mol. The Morgan fingerprint density at radius 3 is 1.83 bits per heavy atom. The van der Waals surface area contributed by atoms with E-state index >= 15 is 0 Å². The van der Waals surface area contributed by atoms with Gasteiger partial charge in [-0.15, -0.1) is 0 Å². The van der Waals surface area contributed by atoms with Crippen LogP contribution >= 0.6 is 0 Å². The number of benzene rings is 1. The molecule has 0 radical (unpaired) electrons. The van der Waals surface area contributed by atoms with Crippen LogP contribution in [0.25, 0.3) is 0 Å². The van der Waals surface area contributed by atoms with Gasteiger partial charge in [-0.3, -0.25) is 4.90 Å². The van der Waals surface area contributed by atoms with Crippen LogP contribution in [0.15, 0.2) is 12.1 Å². The molecule has 1 heterocycles. The van der Waals surface area contributed by atoms with Crippen molar-refractivity contribution < 1.29 is 17.6 Å². The number of hydrogen-bond acceptors (Lipinski definition) is 2. The van der Waals surface area contributed by atoms with Crippen molar-refractivity contribution in [3.8, 4) is 0 Å². The summed E-state index contributed by atoms with van der Waals surface area (Å²) in [5.41, 5.74) is 2.22. The molecule has 0 amide bonds. The number of rotatable bonds is 2. The van der Waals surface area contributed by atoms with E-state index in [9.17, 15) is 17.6 Å². The fourth-order valence-corrected chi connectivity index (χ4v) is 2.40. The molecular weight excluding hydrogens is 320 g/mol. The lowest BCUT2D eigenvalue weighted by Crippen LogP contribution is -2.49. The first kappa shape index (κ1) is 22.7. The molecule has 1 aromatic rings. The van der Waals surface area contributed by atoms with Gasteiger partial charge in [-0.25, -0.2) is 4.39 Å². The minimum atomic E-state index is -4.16. The molecule has 1 aromatic carbocycles. The summed E-state index contributed by atoms with van der Waals surface area (Å²) >= 11 is 0. The summed E-state index contributed by atoms with van der Waals surface area (Å²) < 4.78 is 50.6. The minimum absolute atomic E-state index is 0.266. The summed E-state index contributed by atoms with van der Waals surface area (Å²) in [5.74, 6) is -0.266. The van der Waals surface area contributed by atoms with Gasteiger partial charge < -0.3 is 4.90 Å². The van der Waals surface area contributed by atoms with Crippen molar-refractivity contribution >= 4 is 5.69 Å². The molecular formula is C18H30F4N2. The lowest BCUT2D eigenvalue weighted by molar-refractivity contribution is -0.146. The molecule has 1 aliphatic rings. The molecule has 1 fully saturated rings. The van der Waals surface area contributed by atoms with E-state index in [1.54, 1.807) is 6.92 Å². The highest BCUT2D eigenvalue weighted by Gasteiger charge is 2.32. The maximum Gasteiger partial charge on any atom is 0.401 e. The topological polar surface area (TPSA) is 6.48 Å². The molecule has 140 valence electrons. The highest BCUT2D eigenvalue weighted by atomic mass is 19.4. The first-order valence-electron chi connectivity index (χ1n) is 8.57. The van der Waals surface area contributed by atoms with Crippen LogP contribution in [0.2, 0.25) is 0 Å². The molecule has 2 rings (SSSR count). The number of aryl methyl sites for hydroxylation is 1. The Balaban J connectivity index is 0.00000123. The molecule has 6 heteroatoms. The van der Waals surface area contributed by atoms with Gasteiger partial charge >= 0.3 is 6.18 Å². The second kappa shape index (κ2) is 10.5. The van der Waals surface area contributed by atoms with Crippen molar-refractivity contribution in [2.45, 2.75) is 47.7 Å². The number of anilines is 1. The van der Waals surface area contributed by atoms with E-state index in [4.69, 9.17) is 0 Å². The number of piperazine rings is 1. The molecule has 0 aromatic heterocycles. The van der Waals surface area contributed by atoms with E-state index in [1.807, 2.05) is 45.6 Å². The first-order valence-corrected chi connectivity index (χ1v) is 8.57. The van der Waals surface area contributed by atoms with Crippen LogP contribution in [0.4, 0.5) is 23.2 Å². The zero-order valence-electron chi connectivity index (χ0n) is 15.6. The molecule has 0 spiro atoms. The van der Waals surface area contributed by atoms with E-state index in [0.717, 1.165) is 11.3 Å². The van der Waals surface area contributed by atoms with Crippen LogP contribution in [0, 0.1) is 19.7 Å². The molecule has 0 atom stereocenters. The molecule has 0 saturated carbocycles. The molecule has 0 bridgehead atoms. The van der Waals surface area contributed by atoms with Crippen molar-refractivity contribution in [1.29, 1.82) is 0 Å². The van der Waals surface area contributed by atoms with Crippen LogP contribution in [-0.4, -0.2) is 43.8 Å². The van der Waals surface area contributed by atoms with Gasteiger partial charge in [-0.1, -0.05) is 27.7 Å². The van der Waals surface area contributed by atoms with Gasteiger partial charge in [0.25, 0.3) is 0 Å². The summed E-state index contributed by atoms with van der Waals surface area (Å²) in [6, 6.07) is 3.35. The van der Waals surface area contributed by atoms with Gasteiger partial charge in [0.2, 0.25) is 0 Å². The number of halogens is 4. The standard InChI is InChI=1S/C14H18F4N2.2C2H6/c1-10-7-12(8-13(15)11(10)2)20-5-3-19(4-6-20)9-14(16,17)18;2*1-2/h7-8H,3-6,9H2,1-2H3;2*1-2H3. The van der Waals surface area contributed by atoms with E-state index in [1.165, 1.54) is 11.0 Å². The van der Waals surface area contributed by atoms with Crippen molar-refractivity contribution in [3.05, 3.63) is 29.1 Å². The lowest BCUT2D eigenvalue weighted by atomic mass is 10.1. The number of nitrogens with zero attached hydrogens (tertiary/aromatic N) is 2. The molecule has 0 unspecified atom stereocenters. The number of alkyl halides is 3. The first-order chi connectivity index (χ1) is 11.3. The van der Waals surface area contributed by atoms with Gasteiger partial charge in [-0.05, 0) is 37.1 Å². The van der Waals surface area contributed by atoms with Crippen LogP contribution in [0.5, 0.6) is 0 Å². The van der Waals surface area contributed by atoms with E-state index in [2.05, 4.69) is 0 Å². The summed E-state index contributed by atoms with van der Waals surface area (Å²) in [6.07, 6.45) is -4.16. The fourth-order valence-electron chi connectivity index (χ4n) is 2.40. The van der Waals surface area contributed by atoms with Gasteiger partial charge in [0.15, 0.2) is 0 Å². The predicted octanol–water partition coefficient (Wildman–Crippen LogP) is 5.18. The third kappa shape index (κ3) is 7.07. The minimum Gasteiger partial charge on any atom is -0.369 e. The molecule has 0 N–H and O–H groups in total. The molecule has 1 aliphatic heterocycles. The highest BCUT2D eigenvalue weighted by Crippen LogP contribution is 2.24. The summed E-state index contributed by atoms with van der Waals surface area (Å²) in [5, 5.41) is 0. The van der Waals surface area contributed by atoms with Gasteiger partial charge in [-0.2, -0.15) is 13.2 Å². The Labute approximate surface area is 143 Å². The molecule has 0 aliphatic carbocycles. The normalized spacial score (nSPS) is 15.2. The Morgan fingerprint density at radius 2 is 1.42 bits per heavy atom. The van der Waals surface area contributed by atoms with Crippen molar-refractivity contribution in [2.24, 2.45) is 0 Å². The zero-order valence-corrected chi connectivity index (χ0v) is 15.6. The Bertz CT molecular complexity index is 455. The molecule has 2 nitrogen and oxygen atoms in total. The van der Waals surface area contributed by atoms with Crippen LogP contribution in [0.3, 0.4) is 0 Å². The van der Waals surface area contributed by atoms with Crippen LogP contribution in [-0.2, 0) is 0 Å². The SMILES string of the molecule is CC.CC.Cc1cc(N2CCN(CC(F)(F)F)CC2)cc(F)c1C.